The van der Waals surface area contributed by atoms with Crippen LogP contribution in [-0.2, 0) is 11.3 Å². The fourth-order valence-electron chi connectivity index (χ4n) is 1.86. The molecule has 1 aromatic carbocycles. The van der Waals surface area contributed by atoms with E-state index in [2.05, 4.69) is 0 Å². The number of thiophene rings is 1. The van der Waals surface area contributed by atoms with Crippen LogP contribution in [0.2, 0.25) is 0 Å². The molecule has 20 heavy (non-hydrogen) atoms. The van der Waals surface area contributed by atoms with Gasteiger partial charge in [-0.3, -0.25) is 4.79 Å². The highest BCUT2D eigenvalue weighted by molar-refractivity contribution is 7.07. The third-order valence-corrected chi connectivity index (χ3v) is 3.61. The zero-order chi connectivity index (χ0) is 14.4. The van der Waals surface area contributed by atoms with Crippen molar-refractivity contribution in [1.82, 2.24) is 4.90 Å². The molecule has 0 N–H and O–H groups in total. The first-order chi connectivity index (χ1) is 9.70. The fourth-order valence-corrected chi connectivity index (χ4v) is 2.52. The van der Waals surface area contributed by atoms with Crippen LogP contribution >= 0.6 is 11.3 Å². The number of nitrogens with zero attached hydrogens (tertiary/aromatic N) is 1. The Kier molecular flexibility index (Phi) is 5.26. The van der Waals surface area contributed by atoms with Gasteiger partial charge in [0, 0.05) is 25.8 Å². The van der Waals surface area contributed by atoms with Crippen molar-refractivity contribution >= 4 is 17.2 Å². The molecule has 0 saturated heterocycles. The zero-order valence-corrected chi connectivity index (χ0v) is 12.0. The fraction of sp³-hybridized carbons (Fsp3) is 0.267. The number of ether oxygens (including phenoxy) is 1. The highest BCUT2D eigenvalue weighted by Gasteiger charge is 2.16. The van der Waals surface area contributed by atoms with Gasteiger partial charge >= 0.3 is 0 Å². The second-order valence-electron chi connectivity index (χ2n) is 4.36. The summed E-state index contributed by atoms with van der Waals surface area (Å²) in [4.78, 5) is 14.1. The number of hydrogen-bond acceptors (Lipinski definition) is 3. The first-order valence-corrected chi connectivity index (χ1v) is 7.20. The molecule has 0 aliphatic heterocycles. The largest absolute Gasteiger partial charge is 0.383 e. The molecule has 0 bridgehead atoms. The summed E-state index contributed by atoms with van der Waals surface area (Å²) in [6.07, 6.45) is 0. The molecule has 0 fully saturated rings. The van der Waals surface area contributed by atoms with Crippen LogP contribution in [0.3, 0.4) is 0 Å². The van der Waals surface area contributed by atoms with Gasteiger partial charge in [0.2, 0.25) is 0 Å². The summed E-state index contributed by atoms with van der Waals surface area (Å²) in [5.41, 5.74) is 1.42. The summed E-state index contributed by atoms with van der Waals surface area (Å²) in [6.45, 7) is 1.43. The van der Waals surface area contributed by atoms with Crippen LogP contribution in [-0.4, -0.2) is 31.1 Å². The Morgan fingerprint density at radius 1 is 1.40 bits per heavy atom. The lowest BCUT2D eigenvalue weighted by Gasteiger charge is -2.22. The predicted octanol–water partition coefficient (Wildman–Crippen LogP) is 3.18. The predicted molar refractivity (Wildman–Crippen MR) is 77.3 cm³/mol. The summed E-state index contributed by atoms with van der Waals surface area (Å²) in [5, 5.41) is 3.97. The summed E-state index contributed by atoms with van der Waals surface area (Å²) >= 11 is 1.59. The molecule has 0 aliphatic carbocycles. The second-order valence-corrected chi connectivity index (χ2v) is 5.14. The van der Waals surface area contributed by atoms with Crippen molar-refractivity contribution in [3.8, 4) is 0 Å². The SMILES string of the molecule is COCCN(Cc1ccsc1)C(=O)c1cccc(F)c1. The van der Waals surface area contributed by atoms with Gasteiger partial charge in [-0.05, 0) is 40.6 Å². The van der Waals surface area contributed by atoms with E-state index in [1.165, 1.54) is 12.1 Å². The molecule has 0 atom stereocenters. The highest BCUT2D eigenvalue weighted by Crippen LogP contribution is 2.13. The van der Waals surface area contributed by atoms with Crippen LogP contribution in [0.1, 0.15) is 15.9 Å². The van der Waals surface area contributed by atoms with Crippen molar-refractivity contribution in [2.45, 2.75) is 6.54 Å². The molecule has 0 radical (unpaired) electrons. The third kappa shape index (κ3) is 3.88. The molecule has 1 amide bonds. The molecule has 1 heterocycles. The van der Waals surface area contributed by atoms with Crippen molar-refractivity contribution in [1.29, 1.82) is 0 Å². The van der Waals surface area contributed by atoms with Gasteiger partial charge in [0.1, 0.15) is 5.82 Å². The van der Waals surface area contributed by atoms with Crippen molar-refractivity contribution in [2.75, 3.05) is 20.3 Å². The average molecular weight is 293 g/mol. The molecular weight excluding hydrogens is 277 g/mol. The Morgan fingerprint density at radius 2 is 2.25 bits per heavy atom. The van der Waals surface area contributed by atoms with Gasteiger partial charge in [-0.25, -0.2) is 4.39 Å². The number of halogens is 1. The van der Waals surface area contributed by atoms with Crippen LogP contribution in [0, 0.1) is 5.82 Å². The monoisotopic (exact) mass is 293 g/mol. The topological polar surface area (TPSA) is 29.5 Å². The second kappa shape index (κ2) is 7.17. The summed E-state index contributed by atoms with van der Waals surface area (Å²) in [7, 11) is 1.59. The van der Waals surface area contributed by atoms with E-state index >= 15 is 0 Å². The Morgan fingerprint density at radius 3 is 2.90 bits per heavy atom. The van der Waals surface area contributed by atoms with E-state index < -0.39 is 5.82 Å². The maximum Gasteiger partial charge on any atom is 0.254 e. The van der Waals surface area contributed by atoms with Gasteiger partial charge in [-0.15, -0.1) is 0 Å². The van der Waals surface area contributed by atoms with Crippen LogP contribution in [0.25, 0.3) is 0 Å². The maximum absolute atomic E-state index is 13.2. The minimum Gasteiger partial charge on any atom is -0.383 e. The molecular formula is C15H16FNO2S. The minimum absolute atomic E-state index is 0.187. The molecule has 3 nitrogen and oxygen atoms in total. The number of carbonyl (C=O) groups excluding carboxylic acids is 1. The lowest BCUT2D eigenvalue weighted by Crippen LogP contribution is -2.33. The molecule has 106 valence electrons. The Hall–Kier alpha value is -1.72. The highest BCUT2D eigenvalue weighted by atomic mass is 32.1. The molecule has 0 aliphatic rings. The first-order valence-electron chi connectivity index (χ1n) is 6.25. The number of carbonyl (C=O) groups is 1. The van der Waals surface area contributed by atoms with Crippen LogP contribution in [0.15, 0.2) is 41.1 Å². The maximum atomic E-state index is 13.2. The summed E-state index contributed by atoms with van der Waals surface area (Å²) in [5.74, 6) is -0.592. The van der Waals surface area contributed by atoms with Crippen molar-refractivity contribution in [3.05, 3.63) is 58.0 Å². The number of benzene rings is 1. The van der Waals surface area contributed by atoms with E-state index in [1.807, 2.05) is 16.8 Å². The number of rotatable bonds is 6. The van der Waals surface area contributed by atoms with Crippen molar-refractivity contribution in [3.63, 3.8) is 0 Å². The molecule has 1 aromatic heterocycles. The average Bonchev–Trinajstić information content (AvgIpc) is 2.95. The van der Waals surface area contributed by atoms with Gasteiger partial charge in [0.15, 0.2) is 0 Å². The Balaban J connectivity index is 2.14. The van der Waals surface area contributed by atoms with Gasteiger partial charge in [-0.1, -0.05) is 6.07 Å². The molecule has 0 saturated carbocycles. The molecule has 2 rings (SSSR count). The Labute approximate surface area is 121 Å². The lowest BCUT2D eigenvalue weighted by molar-refractivity contribution is 0.0680. The molecule has 5 heteroatoms. The van der Waals surface area contributed by atoms with E-state index in [4.69, 9.17) is 4.74 Å². The summed E-state index contributed by atoms with van der Waals surface area (Å²) in [6, 6.07) is 7.73. The van der Waals surface area contributed by atoms with E-state index in [-0.39, 0.29) is 5.91 Å². The van der Waals surface area contributed by atoms with Gasteiger partial charge in [0.05, 0.1) is 6.61 Å². The summed E-state index contributed by atoms with van der Waals surface area (Å²) < 4.78 is 18.3. The van der Waals surface area contributed by atoms with Crippen LogP contribution < -0.4 is 0 Å². The van der Waals surface area contributed by atoms with E-state index in [1.54, 1.807) is 35.5 Å². The first kappa shape index (κ1) is 14.7. The molecule has 2 aromatic rings. The number of amides is 1. The Bertz CT molecular complexity index is 557. The van der Waals surface area contributed by atoms with Gasteiger partial charge in [0.25, 0.3) is 5.91 Å². The van der Waals surface area contributed by atoms with E-state index in [0.717, 1.165) is 5.56 Å². The van der Waals surface area contributed by atoms with Crippen LogP contribution in [0.4, 0.5) is 4.39 Å². The zero-order valence-electron chi connectivity index (χ0n) is 11.2. The van der Waals surface area contributed by atoms with Crippen molar-refractivity contribution < 1.29 is 13.9 Å². The normalized spacial score (nSPS) is 10.5. The molecule has 0 spiro atoms. The number of hydrogen-bond donors (Lipinski definition) is 0. The number of methoxy groups -OCH3 is 1. The lowest BCUT2D eigenvalue weighted by atomic mass is 10.2. The van der Waals surface area contributed by atoms with Gasteiger partial charge < -0.3 is 9.64 Å². The van der Waals surface area contributed by atoms with E-state index in [9.17, 15) is 9.18 Å². The van der Waals surface area contributed by atoms with Crippen LogP contribution in [0.5, 0.6) is 0 Å². The van der Waals surface area contributed by atoms with Gasteiger partial charge in [-0.2, -0.15) is 11.3 Å². The quantitative estimate of drug-likeness (QED) is 0.818. The van der Waals surface area contributed by atoms with Crippen molar-refractivity contribution in [2.24, 2.45) is 0 Å². The smallest absolute Gasteiger partial charge is 0.254 e. The van der Waals surface area contributed by atoms with E-state index in [0.29, 0.717) is 25.3 Å². The minimum atomic E-state index is -0.405. The standard InChI is InChI=1S/C15H16FNO2S/c1-19-7-6-17(10-12-5-8-20-11-12)15(18)13-3-2-4-14(16)9-13/h2-5,8-9,11H,6-7,10H2,1H3. The molecule has 0 unspecified atom stereocenters. The third-order valence-electron chi connectivity index (χ3n) is 2.88.